The minimum Gasteiger partial charge on any atom is -0.465 e. The van der Waals surface area contributed by atoms with Gasteiger partial charge in [-0.05, 0) is 24.3 Å². The SMILES string of the molecule is COC(=O)c1ccnc(-c2cc(Cl)cc(Cl)c2)c1F. The summed E-state index contributed by atoms with van der Waals surface area (Å²) in [6.45, 7) is 0. The van der Waals surface area contributed by atoms with Gasteiger partial charge in [0.1, 0.15) is 5.69 Å². The summed E-state index contributed by atoms with van der Waals surface area (Å²) in [5.41, 5.74) is 0.191. The molecule has 2 rings (SSSR count). The topological polar surface area (TPSA) is 39.2 Å². The number of hydrogen-bond donors (Lipinski definition) is 0. The number of pyridine rings is 1. The number of nitrogens with zero attached hydrogens (tertiary/aromatic N) is 1. The lowest BCUT2D eigenvalue weighted by Crippen LogP contribution is -2.06. The van der Waals surface area contributed by atoms with Crippen molar-refractivity contribution in [1.29, 1.82) is 0 Å². The maximum absolute atomic E-state index is 14.2. The van der Waals surface area contributed by atoms with Crippen LogP contribution in [0, 0.1) is 5.82 Å². The van der Waals surface area contributed by atoms with Crippen LogP contribution in [0.25, 0.3) is 11.3 Å². The lowest BCUT2D eigenvalue weighted by atomic mass is 10.1. The molecule has 2 aromatic rings. The number of carbonyl (C=O) groups is 1. The van der Waals surface area contributed by atoms with Gasteiger partial charge in [-0.3, -0.25) is 4.98 Å². The number of benzene rings is 1. The van der Waals surface area contributed by atoms with Crippen LogP contribution >= 0.6 is 23.2 Å². The summed E-state index contributed by atoms with van der Waals surface area (Å²) in [4.78, 5) is 15.3. The van der Waals surface area contributed by atoms with Crippen molar-refractivity contribution in [3.05, 3.63) is 51.9 Å². The highest BCUT2D eigenvalue weighted by atomic mass is 35.5. The number of ether oxygens (including phenoxy) is 1. The average Bonchev–Trinajstić information content (AvgIpc) is 2.37. The highest BCUT2D eigenvalue weighted by Gasteiger charge is 2.18. The first-order valence-electron chi connectivity index (χ1n) is 5.22. The van der Waals surface area contributed by atoms with Crippen LogP contribution in [-0.2, 0) is 4.74 Å². The van der Waals surface area contributed by atoms with Crippen LogP contribution < -0.4 is 0 Å². The van der Waals surface area contributed by atoms with E-state index in [0.717, 1.165) is 0 Å². The zero-order valence-corrected chi connectivity index (χ0v) is 11.3. The van der Waals surface area contributed by atoms with Crippen molar-refractivity contribution in [1.82, 2.24) is 4.98 Å². The quantitative estimate of drug-likeness (QED) is 0.787. The third-order valence-corrected chi connectivity index (χ3v) is 2.87. The first-order valence-corrected chi connectivity index (χ1v) is 5.98. The fourth-order valence-corrected chi connectivity index (χ4v) is 2.13. The summed E-state index contributed by atoms with van der Waals surface area (Å²) in [5, 5.41) is 0.708. The van der Waals surface area contributed by atoms with Crippen LogP contribution in [0.15, 0.2) is 30.5 Å². The molecule has 1 aromatic carbocycles. The van der Waals surface area contributed by atoms with E-state index in [-0.39, 0.29) is 11.3 Å². The molecule has 0 amide bonds. The molecule has 1 aromatic heterocycles. The number of esters is 1. The van der Waals surface area contributed by atoms with Crippen molar-refractivity contribution in [3.63, 3.8) is 0 Å². The van der Waals surface area contributed by atoms with Crippen LogP contribution in [0.5, 0.6) is 0 Å². The molecule has 0 spiro atoms. The zero-order chi connectivity index (χ0) is 14.0. The predicted octanol–water partition coefficient (Wildman–Crippen LogP) is 3.98. The molecule has 3 nitrogen and oxygen atoms in total. The molecule has 0 saturated heterocycles. The molecule has 98 valence electrons. The molecule has 0 aliphatic carbocycles. The summed E-state index contributed by atoms with van der Waals surface area (Å²) in [6, 6.07) is 5.80. The molecule has 0 N–H and O–H groups in total. The van der Waals surface area contributed by atoms with E-state index in [2.05, 4.69) is 9.72 Å². The predicted molar refractivity (Wildman–Crippen MR) is 71.0 cm³/mol. The van der Waals surface area contributed by atoms with Gasteiger partial charge in [0.2, 0.25) is 0 Å². The molecule has 0 aliphatic heterocycles. The molecule has 0 radical (unpaired) electrons. The molecular formula is C13H8Cl2FNO2. The third kappa shape index (κ3) is 2.85. The number of methoxy groups -OCH3 is 1. The van der Waals surface area contributed by atoms with Gasteiger partial charge in [0.15, 0.2) is 5.82 Å². The van der Waals surface area contributed by atoms with E-state index in [9.17, 15) is 9.18 Å². The molecule has 1 heterocycles. The van der Waals surface area contributed by atoms with Crippen LogP contribution in [0.1, 0.15) is 10.4 Å². The van der Waals surface area contributed by atoms with Gasteiger partial charge in [-0.1, -0.05) is 23.2 Å². The molecule has 0 saturated carbocycles. The molecule has 0 fully saturated rings. The van der Waals surface area contributed by atoms with E-state index < -0.39 is 11.8 Å². The summed E-state index contributed by atoms with van der Waals surface area (Å²) >= 11 is 11.7. The summed E-state index contributed by atoms with van der Waals surface area (Å²) < 4.78 is 18.7. The van der Waals surface area contributed by atoms with E-state index in [1.54, 1.807) is 0 Å². The minimum atomic E-state index is -0.771. The Labute approximate surface area is 118 Å². The minimum absolute atomic E-state index is 0.00713. The lowest BCUT2D eigenvalue weighted by molar-refractivity contribution is 0.0595. The van der Waals surface area contributed by atoms with Gasteiger partial charge in [-0.15, -0.1) is 0 Å². The molecular weight excluding hydrogens is 292 g/mol. The summed E-state index contributed by atoms with van der Waals surface area (Å²) in [7, 11) is 1.18. The Morgan fingerprint density at radius 1 is 1.26 bits per heavy atom. The lowest BCUT2D eigenvalue weighted by Gasteiger charge is -2.07. The van der Waals surface area contributed by atoms with E-state index in [4.69, 9.17) is 23.2 Å². The average molecular weight is 300 g/mol. The number of rotatable bonds is 2. The van der Waals surface area contributed by atoms with E-state index in [1.165, 1.54) is 37.6 Å². The highest BCUT2D eigenvalue weighted by Crippen LogP contribution is 2.28. The van der Waals surface area contributed by atoms with Gasteiger partial charge in [-0.25, -0.2) is 9.18 Å². The maximum atomic E-state index is 14.2. The number of halogens is 3. The fraction of sp³-hybridized carbons (Fsp3) is 0.0769. The van der Waals surface area contributed by atoms with Crippen molar-refractivity contribution in [2.45, 2.75) is 0 Å². The Morgan fingerprint density at radius 2 is 1.89 bits per heavy atom. The smallest absolute Gasteiger partial charge is 0.340 e. The van der Waals surface area contributed by atoms with Crippen LogP contribution in [0.4, 0.5) is 4.39 Å². The maximum Gasteiger partial charge on any atom is 0.340 e. The number of carbonyl (C=O) groups excluding carboxylic acids is 1. The zero-order valence-electron chi connectivity index (χ0n) is 9.78. The van der Waals surface area contributed by atoms with Crippen LogP contribution in [0.2, 0.25) is 10.0 Å². The highest BCUT2D eigenvalue weighted by molar-refractivity contribution is 6.35. The summed E-state index contributed by atoms with van der Waals surface area (Å²) in [6.07, 6.45) is 1.32. The molecule has 0 bridgehead atoms. The van der Waals surface area contributed by atoms with Crippen LogP contribution in [-0.4, -0.2) is 18.1 Å². The largest absolute Gasteiger partial charge is 0.465 e. The molecule has 6 heteroatoms. The van der Waals surface area contributed by atoms with Crippen LogP contribution in [0.3, 0.4) is 0 Å². The van der Waals surface area contributed by atoms with Crippen molar-refractivity contribution < 1.29 is 13.9 Å². The number of hydrogen-bond acceptors (Lipinski definition) is 3. The second kappa shape index (κ2) is 5.55. The van der Waals surface area contributed by atoms with Gasteiger partial charge in [0, 0.05) is 21.8 Å². The Bertz CT molecular complexity index is 626. The van der Waals surface area contributed by atoms with E-state index >= 15 is 0 Å². The van der Waals surface area contributed by atoms with Gasteiger partial charge >= 0.3 is 5.97 Å². The van der Waals surface area contributed by atoms with Crippen molar-refractivity contribution in [2.24, 2.45) is 0 Å². The van der Waals surface area contributed by atoms with E-state index in [0.29, 0.717) is 15.6 Å². The Morgan fingerprint density at radius 3 is 2.47 bits per heavy atom. The first-order chi connectivity index (χ1) is 9.02. The first kappa shape index (κ1) is 13.8. The van der Waals surface area contributed by atoms with Gasteiger partial charge in [-0.2, -0.15) is 0 Å². The van der Waals surface area contributed by atoms with Crippen molar-refractivity contribution in [2.75, 3.05) is 7.11 Å². The molecule has 0 unspecified atom stereocenters. The van der Waals surface area contributed by atoms with E-state index in [1.807, 2.05) is 0 Å². The second-order valence-electron chi connectivity index (χ2n) is 3.67. The van der Waals surface area contributed by atoms with Gasteiger partial charge in [0.05, 0.1) is 12.7 Å². The van der Waals surface area contributed by atoms with Crippen molar-refractivity contribution >= 4 is 29.2 Å². The normalized spacial score (nSPS) is 10.3. The second-order valence-corrected chi connectivity index (χ2v) is 4.54. The van der Waals surface area contributed by atoms with Crippen molar-refractivity contribution in [3.8, 4) is 11.3 Å². The summed E-state index contributed by atoms with van der Waals surface area (Å²) in [5.74, 6) is -1.54. The third-order valence-electron chi connectivity index (χ3n) is 2.43. The Hall–Kier alpha value is -1.65. The molecule has 0 atom stereocenters. The Balaban J connectivity index is 2.60. The van der Waals surface area contributed by atoms with Gasteiger partial charge < -0.3 is 4.74 Å². The van der Waals surface area contributed by atoms with Gasteiger partial charge in [0.25, 0.3) is 0 Å². The number of aromatic nitrogens is 1. The standard InChI is InChI=1S/C13H8Cl2FNO2/c1-19-13(18)10-2-3-17-12(11(10)16)7-4-8(14)6-9(15)5-7/h2-6H,1H3. The monoisotopic (exact) mass is 299 g/mol. The molecule has 0 aliphatic rings. The fourth-order valence-electron chi connectivity index (χ4n) is 1.60. The molecule has 19 heavy (non-hydrogen) atoms. The Kier molecular flexibility index (Phi) is 4.02.